The molecule has 0 bridgehead atoms. The van der Waals surface area contributed by atoms with Crippen LogP contribution in [0.3, 0.4) is 0 Å². The number of nitrogens with two attached hydrogens (primary N) is 1. The molecule has 7 heteroatoms. The minimum Gasteiger partial charge on any atom is -0.465 e. The van der Waals surface area contributed by atoms with Gasteiger partial charge in [-0.2, -0.15) is 0 Å². The second-order valence-electron chi connectivity index (χ2n) is 7.96. The molecule has 33 heavy (non-hydrogen) atoms. The molecule has 4 N–H and O–H groups in total. The van der Waals surface area contributed by atoms with Gasteiger partial charge in [-0.15, -0.1) is 0 Å². The number of carbonyl (C=O) groups is 2. The number of para-hydroxylation sites is 1. The summed E-state index contributed by atoms with van der Waals surface area (Å²) in [5, 5.41) is 4.06. The van der Waals surface area contributed by atoms with Gasteiger partial charge in [-0.3, -0.25) is 4.79 Å². The number of ether oxygens (including phenoxy) is 1. The Morgan fingerprint density at radius 1 is 1.15 bits per heavy atom. The number of hydrogen-bond donors (Lipinski definition) is 3. The van der Waals surface area contributed by atoms with Crippen molar-refractivity contribution in [1.29, 1.82) is 0 Å². The molecule has 0 spiro atoms. The number of methoxy groups -OCH3 is 1. The number of nitrogens with one attached hydrogen (secondary N) is 2. The fourth-order valence-electron chi connectivity index (χ4n) is 3.87. The van der Waals surface area contributed by atoms with Gasteiger partial charge < -0.3 is 20.8 Å². The smallest absolute Gasteiger partial charge is 0.339 e. The summed E-state index contributed by atoms with van der Waals surface area (Å²) in [6, 6.07) is 16.8. The Bertz CT molecular complexity index is 1340. The summed E-state index contributed by atoms with van der Waals surface area (Å²) in [6.07, 6.45) is 1.59. The maximum absolute atomic E-state index is 13.1. The van der Waals surface area contributed by atoms with Crippen LogP contribution < -0.4 is 11.1 Å². The lowest BCUT2D eigenvalue weighted by Crippen LogP contribution is -2.27. The molecule has 0 radical (unpaired) electrons. The Kier molecular flexibility index (Phi) is 6.24. The summed E-state index contributed by atoms with van der Waals surface area (Å²) in [7, 11) is 1.34. The van der Waals surface area contributed by atoms with Crippen LogP contribution in [0, 0.1) is 6.92 Å². The standard InChI is InChI=1S/C26H26N4O3/c1-15-8-9-17(13-27)10-20(15)25(31)29-16(2)21-12-24(30-22-7-5-4-6-19(21)22)23-11-18(14-28-23)26(32)33-3/h4-12,14,16,28H,13,27H2,1-3H3,(H,29,31)/t16-/m1/s1. The quantitative estimate of drug-likeness (QED) is 0.386. The molecule has 4 rings (SSSR count). The average molecular weight is 443 g/mol. The van der Waals surface area contributed by atoms with Crippen molar-refractivity contribution in [2.75, 3.05) is 7.11 Å². The number of esters is 1. The SMILES string of the molecule is COC(=O)c1c[nH]c(-c2cc([C@@H](C)NC(=O)c3cc(CN)ccc3C)c3ccccc3n2)c1. The third-order valence-corrected chi connectivity index (χ3v) is 5.72. The van der Waals surface area contributed by atoms with E-state index in [9.17, 15) is 9.59 Å². The highest BCUT2D eigenvalue weighted by atomic mass is 16.5. The number of aryl methyl sites for hydroxylation is 1. The fourth-order valence-corrected chi connectivity index (χ4v) is 3.87. The van der Waals surface area contributed by atoms with E-state index in [1.54, 1.807) is 12.3 Å². The molecule has 2 heterocycles. The van der Waals surface area contributed by atoms with Crippen LogP contribution in [0.5, 0.6) is 0 Å². The first kappa shape index (κ1) is 22.2. The molecule has 2 aromatic heterocycles. The summed E-state index contributed by atoms with van der Waals surface area (Å²) in [5.74, 6) is -0.584. The zero-order valence-electron chi connectivity index (χ0n) is 18.8. The third-order valence-electron chi connectivity index (χ3n) is 5.72. The van der Waals surface area contributed by atoms with Gasteiger partial charge in [0.05, 0.1) is 35.6 Å². The van der Waals surface area contributed by atoms with Crippen LogP contribution in [0.25, 0.3) is 22.3 Å². The zero-order valence-corrected chi connectivity index (χ0v) is 18.8. The third kappa shape index (κ3) is 4.49. The second kappa shape index (κ2) is 9.26. The van der Waals surface area contributed by atoms with E-state index in [1.165, 1.54) is 7.11 Å². The van der Waals surface area contributed by atoms with Crippen LogP contribution in [-0.2, 0) is 11.3 Å². The minimum absolute atomic E-state index is 0.161. The summed E-state index contributed by atoms with van der Waals surface area (Å²) in [6.45, 7) is 4.22. The number of fused-ring (bicyclic) bond motifs is 1. The van der Waals surface area contributed by atoms with Gasteiger partial charge in [0.1, 0.15) is 0 Å². The van der Waals surface area contributed by atoms with Crippen LogP contribution in [0.15, 0.2) is 60.8 Å². The van der Waals surface area contributed by atoms with E-state index >= 15 is 0 Å². The summed E-state index contributed by atoms with van der Waals surface area (Å²) < 4.78 is 4.79. The number of benzene rings is 2. The number of aromatic amines is 1. The Morgan fingerprint density at radius 2 is 1.94 bits per heavy atom. The van der Waals surface area contributed by atoms with Crippen molar-refractivity contribution in [3.63, 3.8) is 0 Å². The molecule has 168 valence electrons. The number of carbonyl (C=O) groups excluding carboxylic acids is 2. The van der Waals surface area contributed by atoms with E-state index in [4.69, 9.17) is 15.5 Å². The van der Waals surface area contributed by atoms with E-state index in [2.05, 4.69) is 10.3 Å². The van der Waals surface area contributed by atoms with E-state index in [-0.39, 0.29) is 11.9 Å². The number of amides is 1. The number of nitrogens with zero attached hydrogens (tertiary/aromatic N) is 1. The lowest BCUT2D eigenvalue weighted by molar-refractivity contribution is 0.0600. The summed E-state index contributed by atoms with van der Waals surface area (Å²) >= 11 is 0. The number of hydrogen-bond acceptors (Lipinski definition) is 5. The van der Waals surface area contributed by atoms with Crippen molar-refractivity contribution >= 4 is 22.8 Å². The molecule has 0 aliphatic heterocycles. The molecular formula is C26H26N4O3. The first-order chi connectivity index (χ1) is 15.9. The first-order valence-corrected chi connectivity index (χ1v) is 10.7. The van der Waals surface area contributed by atoms with E-state index in [0.29, 0.717) is 29.1 Å². The largest absolute Gasteiger partial charge is 0.465 e. The highest BCUT2D eigenvalue weighted by molar-refractivity contribution is 5.96. The predicted octanol–water partition coefficient (Wildman–Crippen LogP) is 4.27. The van der Waals surface area contributed by atoms with Gasteiger partial charge in [0, 0.05) is 23.7 Å². The Balaban J connectivity index is 1.71. The summed E-state index contributed by atoms with van der Waals surface area (Å²) in [4.78, 5) is 32.8. The summed E-state index contributed by atoms with van der Waals surface area (Å²) in [5.41, 5.74) is 11.6. The van der Waals surface area contributed by atoms with Crippen molar-refractivity contribution in [3.05, 3.63) is 88.6 Å². The molecule has 4 aromatic rings. The number of pyridine rings is 1. The van der Waals surface area contributed by atoms with Gasteiger partial charge in [-0.05, 0) is 54.8 Å². The normalized spacial score (nSPS) is 11.9. The highest BCUT2D eigenvalue weighted by Crippen LogP contribution is 2.29. The molecule has 0 aliphatic carbocycles. The Morgan fingerprint density at radius 3 is 2.70 bits per heavy atom. The van der Waals surface area contributed by atoms with Crippen molar-refractivity contribution < 1.29 is 14.3 Å². The average Bonchev–Trinajstić information content (AvgIpc) is 3.33. The first-order valence-electron chi connectivity index (χ1n) is 10.7. The van der Waals surface area contributed by atoms with Crippen LogP contribution in [0.2, 0.25) is 0 Å². The molecule has 7 nitrogen and oxygen atoms in total. The van der Waals surface area contributed by atoms with Crippen molar-refractivity contribution in [1.82, 2.24) is 15.3 Å². The molecule has 0 unspecified atom stereocenters. The van der Waals surface area contributed by atoms with Crippen molar-refractivity contribution in [2.45, 2.75) is 26.4 Å². The second-order valence-corrected chi connectivity index (χ2v) is 7.96. The van der Waals surface area contributed by atoms with Crippen molar-refractivity contribution in [3.8, 4) is 11.4 Å². The Hall–Kier alpha value is -3.97. The maximum Gasteiger partial charge on any atom is 0.339 e. The maximum atomic E-state index is 13.1. The lowest BCUT2D eigenvalue weighted by atomic mass is 9.99. The topological polar surface area (TPSA) is 110 Å². The van der Waals surface area contributed by atoms with Crippen molar-refractivity contribution in [2.24, 2.45) is 5.73 Å². The molecule has 0 saturated carbocycles. The van der Waals surface area contributed by atoms with Gasteiger partial charge in [-0.1, -0.05) is 30.3 Å². The van der Waals surface area contributed by atoms with Gasteiger partial charge >= 0.3 is 5.97 Å². The monoisotopic (exact) mass is 442 g/mol. The van der Waals surface area contributed by atoms with Gasteiger partial charge in [0.25, 0.3) is 5.91 Å². The van der Waals surface area contributed by atoms with Gasteiger partial charge in [0.15, 0.2) is 0 Å². The van der Waals surface area contributed by atoms with Crippen LogP contribution in [0.4, 0.5) is 0 Å². The molecule has 1 amide bonds. The van der Waals surface area contributed by atoms with Gasteiger partial charge in [-0.25, -0.2) is 9.78 Å². The Labute approximate surface area is 192 Å². The van der Waals surface area contributed by atoms with Gasteiger partial charge in [0.2, 0.25) is 0 Å². The highest BCUT2D eigenvalue weighted by Gasteiger charge is 2.18. The predicted molar refractivity (Wildman–Crippen MR) is 128 cm³/mol. The molecular weight excluding hydrogens is 416 g/mol. The zero-order chi connectivity index (χ0) is 23.5. The molecule has 0 saturated heterocycles. The van der Waals surface area contributed by atoms with Crippen LogP contribution >= 0.6 is 0 Å². The number of aromatic nitrogens is 2. The molecule has 2 aromatic carbocycles. The minimum atomic E-state index is -0.422. The molecule has 1 atom stereocenters. The molecule has 0 aliphatic rings. The van der Waals surface area contributed by atoms with E-state index < -0.39 is 5.97 Å². The van der Waals surface area contributed by atoms with Crippen LogP contribution in [-0.4, -0.2) is 29.0 Å². The molecule has 0 fully saturated rings. The lowest BCUT2D eigenvalue weighted by Gasteiger charge is -2.18. The number of H-pyrrole nitrogens is 1. The van der Waals surface area contributed by atoms with E-state index in [1.807, 2.05) is 62.4 Å². The van der Waals surface area contributed by atoms with E-state index in [0.717, 1.165) is 27.6 Å². The number of rotatable bonds is 6. The van der Waals surface area contributed by atoms with Crippen LogP contribution in [0.1, 0.15) is 50.4 Å². The fraction of sp³-hybridized carbons (Fsp3) is 0.192.